The van der Waals surface area contributed by atoms with Crippen LogP contribution in [0.1, 0.15) is 12.8 Å². The highest BCUT2D eigenvalue weighted by Gasteiger charge is 1.96. The van der Waals surface area contributed by atoms with Gasteiger partial charge in [-0.1, -0.05) is 6.58 Å². The van der Waals surface area contributed by atoms with Gasteiger partial charge in [0.05, 0.1) is 27.2 Å². The topological polar surface area (TPSA) is 30.7 Å². The van der Waals surface area contributed by atoms with Crippen molar-refractivity contribution in [3.8, 4) is 0 Å². The van der Waals surface area contributed by atoms with Gasteiger partial charge in [0.25, 0.3) is 0 Å². The highest BCUT2D eigenvalue weighted by Crippen LogP contribution is 1.88. The minimum absolute atomic E-state index is 0. The first-order valence-electron chi connectivity index (χ1n) is 4.25. The summed E-state index contributed by atoms with van der Waals surface area (Å²) in [6.45, 7) is 4.94. The summed E-state index contributed by atoms with van der Waals surface area (Å²) in [4.78, 5) is 12.0. The van der Waals surface area contributed by atoms with Gasteiger partial charge in [0.15, 0.2) is 0 Å². The third-order valence-electron chi connectivity index (χ3n) is 1.48. The molecule has 0 aromatic heterocycles. The molecule has 0 atom stereocenters. The molecule has 0 aromatic carbocycles. The fourth-order valence-corrected chi connectivity index (χ4v) is 0.812. The molecule has 0 saturated heterocycles. The van der Waals surface area contributed by atoms with E-state index in [0.29, 0.717) is 6.61 Å². The minimum Gasteiger partial charge on any atom is -1.00 e. The fourth-order valence-electron chi connectivity index (χ4n) is 0.812. The molecule has 0 aliphatic heterocycles. The molecule has 0 fully saturated rings. The molecule has 3 nitrogen and oxygen atoms in total. The van der Waals surface area contributed by atoms with Crippen LogP contribution in [-0.4, -0.2) is 33.2 Å². The Balaban J connectivity index is 0. The van der Waals surface area contributed by atoms with Gasteiger partial charge in [-0.25, -0.2) is 4.79 Å². The van der Waals surface area contributed by atoms with Gasteiger partial charge in [-0.15, -0.1) is 0 Å². The number of quaternary nitrogens is 1. The Morgan fingerprint density at radius 3 is 2.54 bits per heavy atom. The first-order chi connectivity index (χ1) is 5.66. The first-order valence-corrected chi connectivity index (χ1v) is 4.25. The van der Waals surface area contributed by atoms with Crippen molar-refractivity contribution in [1.29, 1.82) is 0 Å². The Bertz CT molecular complexity index is 149. The SMILES string of the molecule is C=CC(=O)OCCCC[NH+](C)C.[I-]. The van der Waals surface area contributed by atoms with Gasteiger partial charge in [-0.05, 0) is 12.8 Å². The third-order valence-corrected chi connectivity index (χ3v) is 1.48. The predicted octanol–water partition coefficient (Wildman–Crippen LogP) is -3.36. The average Bonchev–Trinajstić information content (AvgIpc) is 2.03. The van der Waals surface area contributed by atoms with Crippen molar-refractivity contribution >= 4 is 5.97 Å². The third kappa shape index (κ3) is 11.9. The normalized spacial score (nSPS) is 9.15. The van der Waals surface area contributed by atoms with E-state index in [0.717, 1.165) is 19.4 Å². The van der Waals surface area contributed by atoms with Gasteiger partial charge in [0, 0.05) is 6.08 Å². The van der Waals surface area contributed by atoms with Crippen LogP contribution in [0.2, 0.25) is 0 Å². The zero-order valence-corrected chi connectivity index (χ0v) is 10.5. The van der Waals surface area contributed by atoms with Gasteiger partial charge in [-0.3, -0.25) is 0 Å². The van der Waals surface area contributed by atoms with Crippen LogP contribution in [0.25, 0.3) is 0 Å². The number of unbranched alkanes of at least 4 members (excludes halogenated alkanes) is 1. The lowest BCUT2D eigenvalue weighted by molar-refractivity contribution is -0.858. The maximum absolute atomic E-state index is 10.6. The molecule has 0 aliphatic rings. The van der Waals surface area contributed by atoms with Gasteiger partial charge in [-0.2, -0.15) is 0 Å². The van der Waals surface area contributed by atoms with Gasteiger partial charge >= 0.3 is 5.97 Å². The highest BCUT2D eigenvalue weighted by atomic mass is 127. The molecule has 0 heterocycles. The molecule has 0 bridgehead atoms. The largest absolute Gasteiger partial charge is 1.00 e. The molecule has 4 heteroatoms. The zero-order valence-electron chi connectivity index (χ0n) is 8.31. The summed E-state index contributed by atoms with van der Waals surface area (Å²) in [5.74, 6) is -0.327. The fraction of sp³-hybridized carbons (Fsp3) is 0.667. The van der Waals surface area contributed by atoms with E-state index < -0.39 is 0 Å². The maximum atomic E-state index is 10.6. The number of esters is 1. The molecule has 0 unspecified atom stereocenters. The Morgan fingerprint density at radius 2 is 2.08 bits per heavy atom. The molecule has 0 aromatic rings. The number of hydrogen-bond acceptors (Lipinski definition) is 2. The Morgan fingerprint density at radius 1 is 1.46 bits per heavy atom. The number of nitrogens with one attached hydrogen (secondary N) is 1. The lowest BCUT2D eigenvalue weighted by atomic mass is 10.3. The van der Waals surface area contributed by atoms with Crippen LogP contribution in [0.3, 0.4) is 0 Å². The monoisotopic (exact) mass is 299 g/mol. The molecule has 13 heavy (non-hydrogen) atoms. The highest BCUT2D eigenvalue weighted by molar-refractivity contribution is 5.81. The van der Waals surface area contributed by atoms with Crippen molar-refractivity contribution in [1.82, 2.24) is 0 Å². The molecule has 78 valence electrons. The Hall–Kier alpha value is -0.100. The maximum Gasteiger partial charge on any atom is 0.330 e. The molecule has 0 spiro atoms. The van der Waals surface area contributed by atoms with Crippen molar-refractivity contribution in [3.05, 3.63) is 12.7 Å². The van der Waals surface area contributed by atoms with Crippen LogP contribution in [0.15, 0.2) is 12.7 Å². The van der Waals surface area contributed by atoms with Crippen LogP contribution < -0.4 is 28.9 Å². The number of halogens is 1. The quantitative estimate of drug-likeness (QED) is 0.240. The lowest BCUT2D eigenvalue weighted by Gasteiger charge is -2.06. The molecular formula is C9H18INO2. The van der Waals surface area contributed by atoms with E-state index in [1.807, 2.05) is 0 Å². The van der Waals surface area contributed by atoms with Crippen LogP contribution in [0.5, 0.6) is 0 Å². The summed E-state index contributed by atoms with van der Waals surface area (Å²) < 4.78 is 4.81. The summed E-state index contributed by atoms with van der Waals surface area (Å²) in [5.41, 5.74) is 0. The summed E-state index contributed by atoms with van der Waals surface area (Å²) in [6, 6.07) is 0. The van der Waals surface area contributed by atoms with Crippen molar-refractivity contribution < 1.29 is 38.4 Å². The second-order valence-electron chi connectivity index (χ2n) is 3.04. The predicted molar refractivity (Wildman–Crippen MR) is 48.1 cm³/mol. The van der Waals surface area contributed by atoms with E-state index in [2.05, 4.69) is 20.7 Å². The van der Waals surface area contributed by atoms with E-state index in [1.165, 1.54) is 11.0 Å². The molecule has 0 radical (unpaired) electrons. The minimum atomic E-state index is -0.327. The van der Waals surface area contributed by atoms with E-state index >= 15 is 0 Å². The zero-order chi connectivity index (χ0) is 9.40. The van der Waals surface area contributed by atoms with Crippen LogP contribution in [0, 0.1) is 0 Å². The Labute approximate surface area is 97.1 Å². The lowest BCUT2D eigenvalue weighted by Crippen LogP contribution is -3.05. The standard InChI is InChI=1S/C9H17NO2.HI/c1-4-9(11)12-8-6-5-7-10(2)3;/h4H,1,5-8H2,2-3H3;1H. The first kappa shape index (κ1) is 15.4. The smallest absolute Gasteiger partial charge is 0.330 e. The van der Waals surface area contributed by atoms with Crippen LogP contribution in [-0.2, 0) is 9.53 Å². The molecular weight excluding hydrogens is 281 g/mol. The van der Waals surface area contributed by atoms with Gasteiger partial charge in [0.2, 0.25) is 0 Å². The molecule has 0 aliphatic carbocycles. The summed E-state index contributed by atoms with van der Waals surface area (Å²) in [6.07, 6.45) is 3.22. The number of hydrogen-bond donors (Lipinski definition) is 1. The summed E-state index contributed by atoms with van der Waals surface area (Å²) >= 11 is 0. The number of carbonyl (C=O) groups is 1. The molecule has 0 rings (SSSR count). The number of ether oxygens (including phenoxy) is 1. The van der Waals surface area contributed by atoms with Crippen LogP contribution in [0.4, 0.5) is 0 Å². The molecule has 0 saturated carbocycles. The summed E-state index contributed by atoms with van der Waals surface area (Å²) in [7, 11) is 4.21. The van der Waals surface area contributed by atoms with Crippen molar-refractivity contribution in [3.63, 3.8) is 0 Å². The number of carbonyl (C=O) groups excluding carboxylic acids is 1. The van der Waals surface area contributed by atoms with Gasteiger partial charge in [0.1, 0.15) is 0 Å². The second kappa shape index (κ2) is 9.98. The Kier molecular flexibility index (Phi) is 11.8. The second-order valence-corrected chi connectivity index (χ2v) is 3.04. The van der Waals surface area contributed by atoms with Crippen molar-refractivity contribution in [2.75, 3.05) is 27.2 Å². The molecule has 0 amide bonds. The average molecular weight is 299 g/mol. The number of rotatable bonds is 6. The molecule has 1 N–H and O–H groups in total. The van der Waals surface area contributed by atoms with E-state index in [1.54, 1.807) is 0 Å². The summed E-state index contributed by atoms with van der Waals surface area (Å²) in [5, 5.41) is 0. The van der Waals surface area contributed by atoms with Crippen molar-refractivity contribution in [2.24, 2.45) is 0 Å². The van der Waals surface area contributed by atoms with Crippen molar-refractivity contribution in [2.45, 2.75) is 12.8 Å². The van der Waals surface area contributed by atoms with E-state index in [9.17, 15) is 4.79 Å². The van der Waals surface area contributed by atoms with E-state index in [4.69, 9.17) is 4.74 Å². The van der Waals surface area contributed by atoms with E-state index in [-0.39, 0.29) is 29.9 Å². The van der Waals surface area contributed by atoms with Crippen LogP contribution >= 0.6 is 0 Å². The van der Waals surface area contributed by atoms with Gasteiger partial charge < -0.3 is 33.6 Å².